The summed E-state index contributed by atoms with van der Waals surface area (Å²) in [6, 6.07) is 2.21. The first-order valence-corrected chi connectivity index (χ1v) is 7.86. The number of hydrogen-bond acceptors (Lipinski definition) is 7. The van der Waals surface area contributed by atoms with Crippen molar-refractivity contribution in [3.05, 3.63) is 31.0 Å². The monoisotopic (exact) mass is 325 g/mol. The maximum Gasteiger partial charge on any atom is 0.225 e. The highest BCUT2D eigenvalue weighted by Gasteiger charge is 2.25. The van der Waals surface area contributed by atoms with Gasteiger partial charge in [0.15, 0.2) is 0 Å². The van der Waals surface area contributed by atoms with Crippen LogP contribution in [0.3, 0.4) is 0 Å². The van der Waals surface area contributed by atoms with E-state index < -0.39 is 0 Å². The maximum atomic E-state index is 4.69. The van der Waals surface area contributed by atoms with Crippen molar-refractivity contribution in [3.63, 3.8) is 0 Å². The quantitative estimate of drug-likeness (QED) is 0.755. The molecule has 1 N–H and O–H groups in total. The second-order valence-corrected chi connectivity index (χ2v) is 5.93. The standard InChI is InChI=1S/C15H19N9/c1-22-8-11(7-18-22)13-3-5-16-15(21-13)24-6-4-12(9-24)20-14-17-10-19-23(14)2/h3,5,7-8,10,12H,4,6,9H2,1-2H3,(H,17,19,20). The highest BCUT2D eigenvalue weighted by molar-refractivity contribution is 5.58. The third-order valence-electron chi connectivity index (χ3n) is 4.16. The predicted octanol–water partition coefficient (Wildman–Crippen LogP) is 0.696. The highest BCUT2D eigenvalue weighted by Crippen LogP contribution is 2.22. The zero-order chi connectivity index (χ0) is 16.5. The molecular formula is C15H19N9. The molecule has 0 aliphatic carbocycles. The van der Waals surface area contributed by atoms with Crippen LogP contribution in [-0.2, 0) is 14.1 Å². The highest BCUT2D eigenvalue weighted by atomic mass is 15.4. The van der Waals surface area contributed by atoms with Crippen molar-refractivity contribution in [1.82, 2.24) is 34.5 Å². The van der Waals surface area contributed by atoms with Crippen molar-refractivity contribution >= 4 is 11.9 Å². The van der Waals surface area contributed by atoms with Crippen LogP contribution in [0.4, 0.5) is 11.9 Å². The van der Waals surface area contributed by atoms with Gasteiger partial charge in [0, 0.05) is 51.2 Å². The molecule has 0 amide bonds. The molecule has 0 aromatic carbocycles. The predicted molar refractivity (Wildman–Crippen MR) is 89.5 cm³/mol. The molecule has 1 atom stereocenters. The molecule has 1 aliphatic rings. The topological polar surface area (TPSA) is 89.6 Å². The molecule has 3 aromatic heterocycles. The average Bonchev–Trinajstić information content (AvgIpc) is 3.31. The number of aromatic nitrogens is 7. The van der Waals surface area contributed by atoms with Crippen LogP contribution in [0.2, 0.25) is 0 Å². The Morgan fingerprint density at radius 2 is 2.12 bits per heavy atom. The summed E-state index contributed by atoms with van der Waals surface area (Å²) < 4.78 is 3.51. The van der Waals surface area contributed by atoms with Crippen molar-refractivity contribution in [2.75, 3.05) is 23.3 Å². The van der Waals surface area contributed by atoms with Crippen LogP contribution in [0.1, 0.15) is 6.42 Å². The fourth-order valence-corrected chi connectivity index (χ4v) is 2.88. The van der Waals surface area contributed by atoms with Crippen molar-refractivity contribution in [3.8, 4) is 11.3 Å². The van der Waals surface area contributed by atoms with E-state index in [0.29, 0.717) is 6.04 Å². The Morgan fingerprint density at radius 3 is 2.88 bits per heavy atom. The second kappa shape index (κ2) is 5.91. The van der Waals surface area contributed by atoms with Gasteiger partial charge in [-0.25, -0.2) is 14.6 Å². The molecule has 3 aromatic rings. The van der Waals surface area contributed by atoms with Crippen molar-refractivity contribution in [2.24, 2.45) is 14.1 Å². The number of aryl methyl sites for hydroxylation is 2. The molecule has 0 saturated carbocycles. The first-order chi connectivity index (χ1) is 11.7. The lowest BCUT2D eigenvalue weighted by Gasteiger charge is -2.17. The fraction of sp³-hybridized carbons (Fsp3) is 0.400. The van der Waals surface area contributed by atoms with Gasteiger partial charge in [0.25, 0.3) is 0 Å². The molecule has 1 aliphatic heterocycles. The van der Waals surface area contributed by atoms with Gasteiger partial charge in [0.05, 0.1) is 11.9 Å². The Hall–Kier alpha value is -2.97. The largest absolute Gasteiger partial charge is 0.350 e. The van der Waals surface area contributed by atoms with Gasteiger partial charge in [0.1, 0.15) is 6.33 Å². The van der Waals surface area contributed by atoms with Crippen LogP contribution in [0.15, 0.2) is 31.0 Å². The summed E-state index contributed by atoms with van der Waals surface area (Å²) in [7, 11) is 3.78. The number of anilines is 2. The van der Waals surface area contributed by atoms with E-state index in [1.54, 1.807) is 21.9 Å². The zero-order valence-corrected chi connectivity index (χ0v) is 13.7. The van der Waals surface area contributed by atoms with Gasteiger partial charge in [-0.1, -0.05) is 0 Å². The summed E-state index contributed by atoms with van der Waals surface area (Å²) in [4.78, 5) is 15.5. The van der Waals surface area contributed by atoms with E-state index in [2.05, 4.69) is 35.4 Å². The number of nitrogens with one attached hydrogen (secondary N) is 1. The maximum absolute atomic E-state index is 4.69. The van der Waals surface area contributed by atoms with Crippen LogP contribution in [0.5, 0.6) is 0 Å². The molecule has 1 unspecified atom stereocenters. The molecule has 4 heterocycles. The van der Waals surface area contributed by atoms with E-state index >= 15 is 0 Å². The molecule has 124 valence electrons. The van der Waals surface area contributed by atoms with Crippen LogP contribution >= 0.6 is 0 Å². The smallest absolute Gasteiger partial charge is 0.225 e. The van der Waals surface area contributed by atoms with Gasteiger partial charge < -0.3 is 10.2 Å². The Morgan fingerprint density at radius 1 is 1.21 bits per heavy atom. The molecule has 1 saturated heterocycles. The minimum Gasteiger partial charge on any atom is -0.350 e. The van der Waals surface area contributed by atoms with Gasteiger partial charge in [0.2, 0.25) is 11.9 Å². The van der Waals surface area contributed by atoms with E-state index in [1.165, 1.54) is 0 Å². The third-order valence-corrected chi connectivity index (χ3v) is 4.16. The molecule has 9 heteroatoms. The normalized spacial score (nSPS) is 17.4. The molecule has 0 spiro atoms. The lowest BCUT2D eigenvalue weighted by Crippen LogP contribution is -2.28. The zero-order valence-electron chi connectivity index (χ0n) is 13.7. The van der Waals surface area contributed by atoms with Crippen LogP contribution < -0.4 is 10.2 Å². The minimum absolute atomic E-state index is 0.304. The summed E-state index contributed by atoms with van der Waals surface area (Å²) >= 11 is 0. The molecule has 0 radical (unpaired) electrons. The summed E-state index contributed by atoms with van der Waals surface area (Å²) in [5.74, 6) is 1.53. The van der Waals surface area contributed by atoms with Gasteiger partial charge >= 0.3 is 0 Å². The average molecular weight is 325 g/mol. The Kier molecular flexibility index (Phi) is 3.60. The lowest BCUT2D eigenvalue weighted by molar-refractivity contribution is 0.730. The fourth-order valence-electron chi connectivity index (χ4n) is 2.88. The first kappa shape index (κ1) is 14.6. The van der Waals surface area contributed by atoms with Crippen LogP contribution in [0, 0.1) is 0 Å². The SMILES string of the molecule is Cn1cc(-c2ccnc(N3CCC(Nc4ncnn4C)C3)n2)cn1. The van der Waals surface area contributed by atoms with E-state index in [-0.39, 0.29) is 0 Å². The van der Waals surface area contributed by atoms with E-state index in [0.717, 1.165) is 42.7 Å². The third kappa shape index (κ3) is 2.80. The molecule has 0 bridgehead atoms. The molecule has 24 heavy (non-hydrogen) atoms. The van der Waals surface area contributed by atoms with Crippen molar-refractivity contribution in [1.29, 1.82) is 0 Å². The Bertz CT molecular complexity index is 837. The van der Waals surface area contributed by atoms with Gasteiger partial charge in [-0.3, -0.25) is 4.68 Å². The van der Waals surface area contributed by atoms with E-state index in [9.17, 15) is 0 Å². The van der Waals surface area contributed by atoms with Crippen LogP contribution in [0.25, 0.3) is 11.3 Å². The Balaban J connectivity index is 1.48. The van der Waals surface area contributed by atoms with E-state index in [1.807, 2.05) is 32.6 Å². The molecule has 9 nitrogen and oxygen atoms in total. The first-order valence-electron chi connectivity index (χ1n) is 7.86. The van der Waals surface area contributed by atoms with Gasteiger partial charge in [-0.15, -0.1) is 0 Å². The number of rotatable bonds is 4. The summed E-state index contributed by atoms with van der Waals surface area (Å²) in [6.45, 7) is 1.75. The second-order valence-electron chi connectivity index (χ2n) is 5.93. The van der Waals surface area contributed by atoms with Crippen LogP contribution in [-0.4, -0.2) is 53.6 Å². The summed E-state index contributed by atoms with van der Waals surface area (Å²) in [5.41, 5.74) is 1.88. The molecular weight excluding hydrogens is 306 g/mol. The lowest BCUT2D eigenvalue weighted by atomic mass is 10.2. The Labute approximate surface area is 139 Å². The van der Waals surface area contributed by atoms with Gasteiger partial charge in [-0.05, 0) is 12.5 Å². The number of nitrogens with zero attached hydrogens (tertiary/aromatic N) is 8. The van der Waals surface area contributed by atoms with Crippen molar-refractivity contribution < 1.29 is 0 Å². The summed E-state index contributed by atoms with van der Waals surface area (Å²) in [5, 5.41) is 11.7. The summed E-state index contributed by atoms with van der Waals surface area (Å²) in [6.07, 6.45) is 8.13. The molecule has 4 rings (SSSR count). The molecule has 1 fully saturated rings. The minimum atomic E-state index is 0.304. The van der Waals surface area contributed by atoms with Crippen molar-refractivity contribution in [2.45, 2.75) is 12.5 Å². The van der Waals surface area contributed by atoms with Gasteiger partial charge in [-0.2, -0.15) is 15.2 Å². The number of hydrogen-bond donors (Lipinski definition) is 1. The van der Waals surface area contributed by atoms with E-state index in [4.69, 9.17) is 0 Å².